The molecule has 0 atom stereocenters. The lowest BCUT2D eigenvalue weighted by atomic mass is 9.49. The van der Waals surface area contributed by atoms with Crippen LogP contribution in [0.1, 0.15) is 44.2 Å². The van der Waals surface area contributed by atoms with Crippen LogP contribution in [-0.4, -0.2) is 21.6 Å². The monoisotopic (exact) mass is 311 g/mol. The maximum Gasteiger partial charge on any atom is 0.363 e. The smallest absolute Gasteiger partial charge is 0.363 e. The van der Waals surface area contributed by atoms with Crippen LogP contribution < -0.4 is 0 Å². The molecule has 2 heterocycles. The highest BCUT2D eigenvalue weighted by molar-refractivity contribution is 6.10. The number of rotatable bonds is 2. The van der Waals surface area contributed by atoms with Gasteiger partial charge in [-0.1, -0.05) is 0 Å². The third kappa shape index (κ3) is 2.09. The molecule has 0 saturated heterocycles. The number of cyclic esters (lactones) is 1. The molecule has 4 fully saturated rings. The third-order valence-corrected chi connectivity index (χ3v) is 6.19. The molecule has 1 aromatic heterocycles. The number of aryl methyl sites for hydroxylation is 1. The molecule has 0 amide bonds. The van der Waals surface area contributed by atoms with E-state index in [0.717, 1.165) is 23.4 Å². The third-order valence-electron chi connectivity index (χ3n) is 6.19. The van der Waals surface area contributed by atoms with Crippen molar-refractivity contribution in [3.8, 4) is 0 Å². The van der Waals surface area contributed by atoms with Crippen molar-refractivity contribution in [1.29, 1.82) is 0 Å². The summed E-state index contributed by atoms with van der Waals surface area (Å²) in [5.74, 6) is 2.64. The van der Waals surface area contributed by atoms with E-state index in [9.17, 15) is 4.79 Å². The van der Waals surface area contributed by atoms with Gasteiger partial charge in [0.05, 0.1) is 0 Å². The summed E-state index contributed by atoms with van der Waals surface area (Å²) in [5.41, 5.74) is 1.43. The van der Waals surface area contributed by atoms with Gasteiger partial charge in [0.1, 0.15) is 11.4 Å². The number of carbonyl (C=O) groups excluding carboxylic acids is 1. The van der Waals surface area contributed by atoms with E-state index in [-0.39, 0.29) is 11.4 Å². The lowest BCUT2D eigenvalue weighted by Crippen LogP contribution is -2.45. The average molecular weight is 311 g/mol. The van der Waals surface area contributed by atoms with Crippen molar-refractivity contribution < 1.29 is 9.53 Å². The van der Waals surface area contributed by atoms with Crippen LogP contribution >= 0.6 is 0 Å². The van der Waals surface area contributed by atoms with Gasteiger partial charge in [0, 0.05) is 13.2 Å². The first kappa shape index (κ1) is 13.5. The number of aromatic nitrogens is 2. The Bertz CT molecular complexity index is 708. The number of esters is 1. The summed E-state index contributed by atoms with van der Waals surface area (Å²) in [6, 6.07) is 1.82. The normalized spacial score (nSPS) is 39.9. The molecule has 23 heavy (non-hydrogen) atoms. The number of hydrogen-bond acceptors (Lipinski definition) is 4. The van der Waals surface area contributed by atoms with Gasteiger partial charge in [-0.25, -0.2) is 9.79 Å². The van der Waals surface area contributed by atoms with E-state index < -0.39 is 0 Å². The summed E-state index contributed by atoms with van der Waals surface area (Å²) >= 11 is 0. The van der Waals surface area contributed by atoms with Gasteiger partial charge in [-0.3, -0.25) is 4.68 Å². The zero-order valence-corrected chi connectivity index (χ0v) is 13.4. The fourth-order valence-electron chi connectivity index (χ4n) is 5.75. The second-order valence-corrected chi connectivity index (χ2v) is 7.96. The van der Waals surface area contributed by atoms with Crippen LogP contribution in [0.2, 0.25) is 0 Å². The average Bonchev–Trinajstić information content (AvgIpc) is 3.03. The first-order valence-electron chi connectivity index (χ1n) is 8.62. The topological polar surface area (TPSA) is 56.5 Å². The van der Waals surface area contributed by atoms with Crippen LogP contribution in [0.5, 0.6) is 0 Å². The Kier molecular flexibility index (Phi) is 2.68. The predicted molar refractivity (Wildman–Crippen MR) is 84.5 cm³/mol. The first-order chi connectivity index (χ1) is 11.1. The van der Waals surface area contributed by atoms with E-state index in [2.05, 4.69) is 16.2 Å². The summed E-state index contributed by atoms with van der Waals surface area (Å²) < 4.78 is 7.08. The Morgan fingerprint density at radius 3 is 2.43 bits per heavy atom. The molecule has 5 aliphatic rings. The van der Waals surface area contributed by atoms with E-state index in [0.29, 0.717) is 11.6 Å². The van der Waals surface area contributed by atoms with E-state index in [1.54, 1.807) is 10.9 Å². The summed E-state index contributed by atoms with van der Waals surface area (Å²) in [6.45, 7) is 0. The minimum atomic E-state index is -0.308. The van der Waals surface area contributed by atoms with E-state index >= 15 is 0 Å². The van der Waals surface area contributed by atoms with Gasteiger partial charge >= 0.3 is 5.97 Å². The predicted octanol–water partition coefficient (Wildman–Crippen LogP) is 2.82. The summed E-state index contributed by atoms with van der Waals surface area (Å²) in [6.07, 6.45) is 11.7. The molecule has 4 aliphatic carbocycles. The highest BCUT2D eigenvalue weighted by Gasteiger charge is 2.50. The Morgan fingerprint density at radius 2 is 1.87 bits per heavy atom. The Hall–Kier alpha value is -1.91. The van der Waals surface area contributed by atoms with Crippen molar-refractivity contribution in [2.75, 3.05) is 0 Å². The molecule has 0 radical (unpaired) electrons. The fraction of sp³-hybridized carbons (Fsp3) is 0.611. The second kappa shape index (κ2) is 4.56. The summed E-state index contributed by atoms with van der Waals surface area (Å²) in [4.78, 5) is 16.8. The number of allylic oxidation sites excluding steroid dienone is 1. The zero-order valence-electron chi connectivity index (χ0n) is 13.4. The van der Waals surface area contributed by atoms with Gasteiger partial charge in [-0.15, -0.1) is 0 Å². The highest BCUT2D eigenvalue weighted by atomic mass is 16.6. The van der Waals surface area contributed by atoms with Crippen molar-refractivity contribution in [2.24, 2.45) is 35.2 Å². The molecule has 0 aromatic carbocycles. The molecule has 1 aliphatic heterocycles. The zero-order chi connectivity index (χ0) is 15.6. The Morgan fingerprint density at radius 1 is 1.22 bits per heavy atom. The van der Waals surface area contributed by atoms with Crippen LogP contribution in [0, 0.1) is 23.2 Å². The van der Waals surface area contributed by atoms with Crippen molar-refractivity contribution in [1.82, 2.24) is 9.78 Å². The SMILES string of the molecule is Cn1nccc1C1=NC(=CC23CC4CC(CC(C4)C2)C3)C(=O)O1. The molecule has 6 rings (SSSR count). The maximum atomic E-state index is 12.3. The number of ether oxygens (including phenoxy) is 1. The molecule has 0 unspecified atom stereocenters. The van der Waals surface area contributed by atoms with Gasteiger partial charge in [0.25, 0.3) is 0 Å². The summed E-state index contributed by atoms with van der Waals surface area (Å²) in [5, 5.41) is 4.12. The quantitative estimate of drug-likeness (QED) is 0.623. The number of carbonyl (C=O) groups is 1. The fourth-order valence-corrected chi connectivity index (χ4v) is 5.75. The molecule has 120 valence electrons. The molecular weight excluding hydrogens is 290 g/mol. The number of hydrogen-bond donors (Lipinski definition) is 0. The molecule has 1 aromatic rings. The van der Waals surface area contributed by atoms with Crippen LogP contribution in [0.25, 0.3) is 0 Å². The molecule has 5 nitrogen and oxygen atoms in total. The number of nitrogens with zero attached hydrogens (tertiary/aromatic N) is 3. The van der Waals surface area contributed by atoms with Crippen molar-refractivity contribution >= 4 is 11.9 Å². The van der Waals surface area contributed by atoms with Crippen LogP contribution in [0.4, 0.5) is 0 Å². The van der Waals surface area contributed by atoms with Crippen LogP contribution in [-0.2, 0) is 16.6 Å². The largest absolute Gasteiger partial charge is 0.400 e. The van der Waals surface area contributed by atoms with Gasteiger partial charge in [-0.05, 0) is 73.8 Å². The van der Waals surface area contributed by atoms with Gasteiger partial charge in [0.15, 0.2) is 0 Å². The molecular formula is C18H21N3O2. The molecule has 0 N–H and O–H groups in total. The van der Waals surface area contributed by atoms with E-state index in [1.807, 2.05) is 13.1 Å². The first-order valence-corrected chi connectivity index (χ1v) is 8.62. The summed E-state index contributed by atoms with van der Waals surface area (Å²) in [7, 11) is 1.83. The maximum absolute atomic E-state index is 12.3. The minimum Gasteiger partial charge on any atom is -0.400 e. The molecule has 5 heteroatoms. The Labute approximate surface area is 135 Å². The van der Waals surface area contributed by atoms with Gasteiger partial charge in [0.2, 0.25) is 5.90 Å². The minimum absolute atomic E-state index is 0.189. The van der Waals surface area contributed by atoms with Crippen molar-refractivity contribution in [2.45, 2.75) is 38.5 Å². The second-order valence-electron chi connectivity index (χ2n) is 7.96. The molecule has 4 bridgehead atoms. The van der Waals surface area contributed by atoms with E-state index in [4.69, 9.17) is 4.74 Å². The Balaban J connectivity index is 1.49. The molecule has 0 spiro atoms. The number of aliphatic imine (C=N–C) groups is 1. The van der Waals surface area contributed by atoms with Crippen molar-refractivity contribution in [3.05, 3.63) is 29.7 Å². The van der Waals surface area contributed by atoms with Gasteiger partial charge < -0.3 is 4.74 Å². The molecule has 4 saturated carbocycles. The van der Waals surface area contributed by atoms with Crippen molar-refractivity contribution in [3.63, 3.8) is 0 Å². The van der Waals surface area contributed by atoms with Crippen LogP contribution in [0.15, 0.2) is 29.0 Å². The van der Waals surface area contributed by atoms with Gasteiger partial charge in [-0.2, -0.15) is 5.10 Å². The van der Waals surface area contributed by atoms with Crippen LogP contribution in [0.3, 0.4) is 0 Å². The van der Waals surface area contributed by atoms with E-state index in [1.165, 1.54) is 38.5 Å². The lowest BCUT2D eigenvalue weighted by molar-refractivity contribution is -0.130. The highest BCUT2D eigenvalue weighted by Crippen LogP contribution is 2.61. The standard InChI is InChI=1S/C18H21N3O2/c1-21-15(2-3-19-21)16-20-14(17(22)23-16)10-18-7-11-4-12(8-18)6-13(5-11)9-18/h2-3,10-13H,4-9H2,1H3. The lowest BCUT2D eigenvalue weighted by Gasteiger charge is -2.55.